The van der Waals surface area contributed by atoms with E-state index in [4.69, 9.17) is 5.11 Å². The molecule has 26 heavy (non-hydrogen) atoms. The quantitative estimate of drug-likeness (QED) is 0.837. The number of likely N-dealkylation sites (tertiary alicyclic amines) is 1. The molecular weight excluding hydrogens is 331 g/mol. The Balaban J connectivity index is 1.62. The van der Waals surface area contributed by atoms with Gasteiger partial charge in [0.1, 0.15) is 5.82 Å². The fraction of sp³-hybridized carbons (Fsp3) is 0.381. The number of amides is 1. The van der Waals surface area contributed by atoms with E-state index >= 15 is 0 Å². The Morgan fingerprint density at radius 2 is 2.08 bits per heavy atom. The molecule has 0 spiro atoms. The summed E-state index contributed by atoms with van der Waals surface area (Å²) in [5.74, 6) is -0.0345. The van der Waals surface area contributed by atoms with Gasteiger partial charge in [0.2, 0.25) is 0 Å². The Kier molecular flexibility index (Phi) is 6.36. The number of rotatable bonds is 6. The highest BCUT2D eigenvalue weighted by molar-refractivity contribution is 5.95. The molecular formula is C21H25FN2O2. The minimum Gasteiger partial charge on any atom is -0.395 e. The molecule has 5 heteroatoms. The predicted molar refractivity (Wildman–Crippen MR) is 100 cm³/mol. The number of nitrogens with one attached hydrogen (secondary N) is 1. The summed E-state index contributed by atoms with van der Waals surface area (Å²) in [5, 5.41) is 12.1. The van der Waals surface area contributed by atoms with E-state index in [-0.39, 0.29) is 18.3 Å². The standard InChI is InChI=1S/C21H25FN2O2/c22-20-9-2-1-8-19(20)17-6-3-7-18(13-17)21(26)23-14-16-5-4-10-24(15-16)11-12-25/h1-3,6-9,13,16,25H,4-5,10-12,14-15H2,(H,23,26)/t16-/m0/s1. The molecule has 0 saturated carbocycles. The number of carbonyl (C=O) groups is 1. The van der Waals surface area contributed by atoms with Crippen molar-refractivity contribution in [1.82, 2.24) is 10.2 Å². The van der Waals surface area contributed by atoms with Crippen molar-refractivity contribution in [1.29, 1.82) is 0 Å². The maximum atomic E-state index is 14.0. The largest absolute Gasteiger partial charge is 0.395 e. The third-order valence-corrected chi connectivity index (χ3v) is 4.88. The average molecular weight is 356 g/mol. The molecule has 1 heterocycles. The highest BCUT2D eigenvalue weighted by atomic mass is 19.1. The number of carbonyl (C=O) groups excluding carboxylic acids is 1. The molecule has 3 rings (SSSR count). The maximum Gasteiger partial charge on any atom is 0.251 e. The zero-order valence-corrected chi connectivity index (χ0v) is 14.8. The second-order valence-electron chi connectivity index (χ2n) is 6.80. The van der Waals surface area contributed by atoms with Crippen molar-refractivity contribution in [2.24, 2.45) is 5.92 Å². The van der Waals surface area contributed by atoms with Crippen molar-refractivity contribution in [3.63, 3.8) is 0 Å². The molecule has 2 N–H and O–H groups in total. The summed E-state index contributed by atoms with van der Waals surface area (Å²) in [6, 6.07) is 13.6. The van der Waals surface area contributed by atoms with Crippen LogP contribution in [0.4, 0.5) is 4.39 Å². The number of halogens is 1. The number of benzene rings is 2. The number of aliphatic hydroxyl groups is 1. The summed E-state index contributed by atoms with van der Waals surface area (Å²) in [5.41, 5.74) is 1.73. The number of piperidine rings is 1. The van der Waals surface area contributed by atoms with E-state index in [1.807, 2.05) is 6.07 Å². The lowest BCUT2D eigenvalue weighted by Crippen LogP contribution is -2.41. The zero-order valence-electron chi connectivity index (χ0n) is 14.8. The summed E-state index contributed by atoms with van der Waals surface area (Å²) < 4.78 is 14.0. The predicted octanol–water partition coefficient (Wildman–Crippen LogP) is 2.93. The second kappa shape index (κ2) is 8.92. The molecule has 1 amide bonds. The fourth-order valence-corrected chi connectivity index (χ4v) is 3.52. The lowest BCUT2D eigenvalue weighted by molar-refractivity contribution is 0.0925. The highest BCUT2D eigenvalue weighted by Crippen LogP contribution is 2.23. The van der Waals surface area contributed by atoms with Gasteiger partial charge in [-0.25, -0.2) is 4.39 Å². The lowest BCUT2D eigenvalue weighted by Gasteiger charge is -2.32. The number of β-amino-alcohol motifs (C(OH)–C–C–N with tert-alkyl or cyclic N) is 1. The molecule has 0 aromatic heterocycles. The molecule has 1 atom stereocenters. The molecule has 1 aliphatic heterocycles. The Labute approximate surface area is 153 Å². The number of hydrogen-bond donors (Lipinski definition) is 2. The Morgan fingerprint density at radius 1 is 1.23 bits per heavy atom. The van der Waals surface area contributed by atoms with Crippen molar-refractivity contribution in [3.8, 4) is 11.1 Å². The van der Waals surface area contributed by atoms with Gasteiger partial charge in [0.05, 0.1) is 6.61 Å². The third kappa shape index (κ3) is 4.68. The molecule has 1 aliphatic rings. The van der Waals surface area contributed by atoms with Gasteiger partial charge in [-0.3, -0.25) is 4.79 Å². The zero-order chi connectivity index (χ0) is 18.4. The first-order valence-electron chi connectivity index (χ1n) is 9.14. The van der Waals surface area contributed by atoms with E-state index in [0.29, 0.717) is 35.7 Å². The Bertz CT molecular complexity index is 748. The van der Waals surface area contributed by atoms with Crippen molar-refractivity contribution < 1.29 is 14.3 Å². The van der Waals surface area contributed by atoms with Crippen LogP contribution in [0.3, 0.4) is 0 Å². The van der Waals surface area contributed by atoms with Crippen LogP contribution >= 0.6 is 0 Å². The van der Waals surface area contributed by atoms with Gasteiger partial charge in [-0.05, 0) is 49.1 Å². The average Bonchev–Trinajstić information content (AvgIpc) is 2.67. The van der Waals surface area contributed by atoms with Gasteiger partial charge in [-0.2, -0.15) is 0 Å². The van der Waals surface area contributed by atoms with E-state index in [0.717, 1.165) is 25.9 Å². The number of nitrogens with zero attached hydrogens (tertiary/aromatic N) is 1. The summed E-state index contributed by atoms with van der Waals surface area (Å²) in [6.07, 6.45) is 2.17. The van der Waals surface area contributed by atoms with Gasteiger partial charge < -0.3 is 15.3 Å². The number of hydrogen-bond acceptors (Lipinski definition) is 3. The molecule has 138 valence electrons. The van der Waals surface area contributed by atoms with Crippen LogP contribution in [0.1, 0.15) is 23.2 Å². The van der Waals surface area contributed by atoms with E-state index in [1.54, 1.807) is 36.4 Å². The van der Waals surface area contributed by atoms with Gasteiger partial charge in [0.15, 0.2) is 0 Å². The molecule has 2 aromatic carbocycles. The van der Waals surface area contributed by atoms with Crippen LogP contribution in [-0.2, 0) is 0 Å². The third-order valence-electron chi connectivity index (χ3n) is 4.88. The van der Waals surface area contributed by atoms with E-state index < -0.39 is 0 Å². The normalized spacial score (nSPS) is 17.8. The van der Waals surface area contributed by atoms with E-state index in [1.165, 1.54) is 6.07 Å². The molecule has 0 radical (unpaired) electrons. The maximum absolute atomic E-state index is 14.0. The van der Waals surface area contributed by atoms with Crippen LogP contribution in [0.25, 0.3) is 11.1 Å². The van der Waals surface area contributed by atoms with Gasteiger partial charge in [-0.15, -0.1) is 0 Å². The van der Waals surface area contributed by atoms with Gasteiger partial charge in [0.25, 0.3) is 5.91 Å². The molecule has 2 aromatic rings. The van der Waals surface area contributed by atoms with Crippen LogP contribution in [0, 0.1) is 11.7 Å². The molecule has 4 nitrogen and oxygen atoms in total. The minimum absolute atomic E-state index is 0.137. The molecule has 0 aliphatic carbocycles. The molecule has 0 unspecified atom stereocenters. The van der Waals surface area contributed by atoms with Crippen LogP contribution in [0.15, 0.2) is 48.5 Å². The smallest absolute Gasteiger partial charge is 0.251 e. The topological polar surface area (TPSA) is 52.6 Å². The van der Waals surface area contributed by atoms with Crippen LogP contribution in [0.2, 0.25) is 0 Å². The fourth-order valence-electron chi connectivity index (χ4n) is 3.52. The van der Waals surface area contributed by atoms with Gasteiger partial charge >= 0.3 is 0 Å². The second-order valence-corrected chi connectivity index (χ2v) is 6.80. The first kappa shape index (κ1) is 18.5. The molecule has 1 fully saturated rings. The van der Waals surface area contributed by atoms with Gasteiger partial charge in [-0.1, -0.05) is 30.3 Å². The molecule has 1 saturated heterocycles. The summed E-state index contributed by atoms with van der Waals surface area (Å²) in [4.78, 5) is 14.7. The lowest BCUT2D eigenvalue weighted by atomic mass is 9.97. The summed E-state index contributed by atoms with van der Waals surface area (Å²) in [6.45, 7) is 3.38. The monoisotopic (exact) mass is 356 g/mol. The minimum atomic E-state index is -0.295. The van der Waals surface area contributed by atoms with Crippen molar-refractivity contribution in [2.75, 3.05) is 32.8 Å². The Hall–Kier alpha value is -2.24. The SMILES string of the molecule is O=C(NC[C@@H]1CCCN(CCO)C1)c1cccc(-c2ccccc2F)c1. The summed E-state index contributed by atoms with van der Waals surface area (Å²) >= 11 is 0. The van der Waals surface area contributed by atoms with Crippen LogP contribution in [0.5, 0.6) is 0 Å². The van der Waals surface area contributed by atoms with Crippen LogP contribution < -0.4 is 5.32 Å². The van der Waals surface area contributed by atoms with Crippen molar-refractivity contribution >= 4 is 5.91 Å². The van der Waals surface area contributed by atoms with Crippen molar-refractivity contribution in [2.45, 2.75) is 12.8 Å². The first-order valence-corrected chi connectivity index (χ1v) is 9.14. The van der Waals surface area contributed by atoms with E-state index in [2.05, 4.69) is 10.2 Å². The molecule has 0 bridgehead atoms. The van der Waals surface area contributed by atoms with Crippen molar-refractivity contribution in [3.05, 3.63) is 59.9 Å². The summed E-state index contributed by atoms with van der Waals surface area (Å²) in [7, 11) is 0. The number of aliphatic hydroxyl groups excluding tert-OH is 1. The van der Waals surface area contributed by atoms with Crippen LogP contribution in [-0.4, -0.2) is 48.7 Å². The first-order chi connectivity index (χ1) is 12.7. The van der Waals surface area contributed by atoms with E-state index in [9.17, 15) is 9.18 Å². The van der Waals surface area contributed by atoms with Gasteiger partial charge in [0, 0.05) is 30.8 Å². The Morgan fingerprint density at radius 3 is 2.88 bits per heavy atom. The highest BCUT2D eigenvalue weighted by Gasteiger charge is 2.20.